The van der Waals surface area contributed by atoms with E-state index in [4.69, 9.17) is 21.3 Å². The van der Waals surface area contributed by atoms with E-state index in [9.17, 15) is 4.79 Å². The van der Waals surface area contributed by atoms with Gasteiger partial charge in [0, 0.05) is 10.6 Å². The van der Waals surface area contributed by atoms with E-state index in [1.807, 2.05) is 53.1 Å². The Balaban J connectivity index is 1.72. The lowest BCUT2D eigenvalue weighted by molar-refractivity contribution is 0.414. The van der Waals surface area contributed by atoms with Crippen LogP contribution in [-0.4, -0.2) is 23.2 Å². The summed E-state index contributed by atoms with van der Waals surface area (Å²) in [5, 5.41) is 0.685. The summed E-state index contributed by atoms with van der Waals surface area (Å²) in [6, 6.07) is 15.3. The molecule has 2 aliphatic heterocycles. The number of halogens is 1. The Morgan fingerprint density at radius 3 is 2.45 bits per heavy atom. The summed E-state index contributed by atoms with van der Waals surface area (Å²) in [5.41, 5.74) is 2.88. The third-order valence-corrected chi connectivity index (χ3v) is 9.35. The van der Waals surface area contributed by atoms with E-state index in [0.29, 0.717) is 5.02 Å². The van der Waals surface area contributed by atoms with Crippen LogP contribution in [0.1, 0.15) is 23.6 Å². The number of thiazole rings is 1. The summed E-state index contributed by atoms with van der Waals surface area (Å²) < 4.78 is 9.06. The van der Waals surface area contributed by atoms with Crippen LogP contribution in [0.4, 0.5) is 0 Å². The van der Waals surface area contributed by atoms with Crippen LogP contribution < -0.4 is 19.6 Å². The van der Waals surface area contributed by atoms with Gasteiger partial charge in [-0.3, -0.25) is 9.36 Å². The van der Waals surface area contributed by atoms with Crippen molar-refractivity contribution in [3.63, 3.8) is 0 Å². The van der Waals surface area contributed by atoms with Crippen molar-refractivity contribution >= 4 is 56.4 Å². The third-order valence-electron chi connectivity index (χ3n) is 5.16. The smallest absolute Gasteiger partial charge is 0.272 e. The SMILES string of the molecule is COc1ccc(C2C=C(c3ccc(Cl)cc3)N=c3sc(=C4SCCCS4)c(=O)n32)cc1. The fourth-order valence-corrected chi connectivity index (χ4v) is 7.61. The first-order valence-electron chi connectivity index (χ1n) is 9.86. The Hall–Kier alpha value is -1.93. The summed E-state index contributed by atoms with van der Waals surface area (Å²) in [4.78, 5) is 19.1. The molecule has 1 fully saturated rings. The highest BCUT2D eigenvalue weighted by Gasteiger charge is 2.24. The minimum Gasteiger partial charge on any atom is -0.497 e. The first-order valence-corrected chi connectivity index (χ1v) is 13.0. The Labute approximate surface area is 197 Å². The van der Waals surface area contributed by atoms with Crippen molar-refractivity contribution in [2.24, 2.45) is 4.99 Å². The minimum atomic E-state index is -0.235. The second kappa shape index (κ2) is 8.90. The van der Waals surface area contributed by atoms with Gasteiger partial charge in [0.1, 0.15) is 10.3 Å². The predicted octanol–water partition coefficient (Wildman–Crippen LogP) is 4.77. The van der Waals surface area contributed by atoms with Crippen LogP contribution in [0.25, 0.3) is 9.93 Å². The largest absolute Gasteiger partial charge is 0.497 e. The fourth-order valence-electron chi connectivity index (χ4n) is 3.58. The maximum Gasteiger partial charge on any atom is 0.272 e. The van der Waals surface area contributed by atoms with Gasteiger partial charge in [0.2, 0.25) is 0 Å². The molecule has 1 unspecified atom stereocenters. The molecule has 1 aromatic heterocycles. The molecule has 1 saturated heterocycles. The lowest BCUT2D eigenvalue weighted by Crippen LogP contribution is -2.36. The molecule has 5 rings (SSSR count). The van der Waals surface area contributed by atoms with Gasteiger partial charge in [0.15, 0.2) is 4.80 Å². The number of thioether (sulfide) groups is 2. The van der Waals surface area contributed by atoms with Crippen LogP contribution in [0, 0.1) is 0 Å². The predicted molar refractivity (Wildman–Crippen MR) is 133 cm³/mol. The van der Waals surface area contributed by atoms with E-state index in [1.54, 1.807) is 30.6 Å². The topological polar surface area (TPSA) is 43.6 Å². The molecular weight excluding hydrogens is 468 g/mol. The average Bonchev–Trinajstić information content (AvgIpc) is 3.16. The van der Waals surface area contributed by atoms with Crippen molar-refractivity contribution in [3.8, 4) is 5.75 Å². The number of rotatable bonds is 3. The second-order valence-electron chi connectivity index (χ2n) is 7.12. The first kappa shape index (κ1) is 20.9. The van der Waals surface area contributed by atoms with Crippen molar-refractivity contribution in [3.05, 3.63) is 90.4 Å². The molecule has 0 N–H and O–H groups in total. The normalized spacial score (nSPS) is 18.2. The van der Waals surface area contributed by atoms with Gasteiger partial charge in [-0.2, -0.15) is 0 Å². The molecule has 8 heteroatoms. The van der Waals surface area contributed by atoms with Crippen LogP contribution in [0.15, 0.2) is 64.4 Å². The minimum absolute atomic E-state index is 0.0351. The third kappa shape index (κ3) is 4.12. The molecule has 0 radical (unpaired) electrons. The molecule has 31 heavy (non-hydrogen) atoms. The van der Waals surface area contributed by atoms with Crippen LogP contribution in [0.3, 0.4) is 0 Å². The van der Waals surface area contributed by atoms with Crippen LogP contribution in [0.5, 0.6) is 5.75 Å². The van der Waals surface area contributed by atoms with E-state index in [0.717, 1.165) is 47.7 Å². The van der Waals surface area contributed by atoms with Gasteiger partial charge in [0.05, 0.1) is 23.1 Å². The van der Waals surface area contributed by atoms with Gasteiger partial charge in [-0.05, 0) is 53.8 Å². The highest BCUT2D eigenvalue weighted by Crippen LogP contribution is 2.35. The highest BCUT2D eigenvalue weighted by atomic mass is 35.5. The van der Waals surface area contributed by atoms with Crippen molar-refractivity contribution in [1.29, 1.82) is 0 Å². The summed E-state index contributed by atoms with van der Waals surface area (Å²) in [7, 11) is 1.65. The molecule has 2 aromatic carbocycles. The Bertz CT molecular complexity index is 1320. The summed E-state index contributed by atoms with van der Waals surface area (Å²) in [5.74, 6) is 2.90. The standard InChI is InChI=1S/C23H19ClN2O2S3/c1-28-17-9-5-15(6-10-17)19-13-18(14-3-7-16(24)8-4-14)25-23-26(19)21(27)20(31-23)22-29-11-2-12-30-22/h3-10,13,19H,2,11-12H2,1H3. The fraction of sp³-hybridized carbons (Fsp3) is 0.217. The monoisotopic (exact) mass is 486 g/mol. The number of benzene rings is 2. The quantitative estimate of drug-likeness (QED) is 0.534. The van der Waals surface area contributed by atoms with Crippen LogP contribution in [-0.2, 0) is 0 Å². The Morgan fingerprint density at radius 1 is 1.06 bits per heavy atom. The van der Waals surface area contributed by atoms with E-state index in [-0.39, 0.29) is 11.6 Å². The summed E-state index contributed by atoms with van der Waals surface area (Å²) in [6.45, 7) is 0. The lowest BCUT2D eigenvalue weighted by Gasteiger charge is -2.20. The number of nitrogens with zero attached hydrogens (tertiary/aromatic N) is 2. The first-order chi connectivity index (χ1) is 15.1. The molecule has 0 spiro atoms. The van der Waals surface area contributed by atoms with Gasteiger partial charge >= 0.3 is 0 Å². The van der Waals surface area contributed by atoms with Crippen LogP contribution >= 0.6 is 46.5 Å². The van der Waals surface area contributed by atoms with Crippen molar-refractivity contribution < 1.29 is 4.74 Å². The summed E-state index contributed by atoms with van der Waals surface area (Å²) in [6.07, 6.45) is 3.23. The van der Waals surface area contributed by atoms with Crippen molar-refractivity contribution in [2.45, 2.75) is 12.5 Å². The number of hydrogen-bond acceptors (Lipinski definition) is 6. The van der Waals surface area contributed by atoms with E-state index >= 15 is 0 Å². The van der Waals surface area contributed by atoms with Gasteiger partial charge < -0.3 is 4.74 Å². The Kier molecular flexibility index (Phi) is 6.01. The molecule has 2 aliphatic rings. The molecule has 4 nitrogen and oxygen atoms in total. The van der Waals surface area contributed by atoms with Gasteiger partial charge in [-0.15, -0.1) is 23.5 Å². The van der Waals surface area contributed by atoms with Gasteiger partial charge in [0.25, 0.3) is 5.56 Å². The Morgan fingerprint density at radius 2 is 1.77 bits per heavy atom. The average molecular weight is 487 g/mol. The molecule has 158 valence electrons. The molecule has 0 saturated carbocycles. The zero-order chi connectivity index (χ0) is 21.4. The number of aromatic nitrogens is 1. The molecule has 1 atom stereocenters. The molecule has 3 heterocycles. The van der Waals surface area contributed by atoms with Crippen LogP contribution in [0.2, 0.25) is 5.02 Å². The zero-order valence-corrected chi connectivity index (χ0v) is 19.9. The molecule has 3 aromatic rings. The van der Waals surface area contributed by atoms with Crippen molar-refractivity contribution in [1.82, 2.24) is 4.57 Å². The molecule has 0 bridgehead atoms. The molecule has 0 amide bonds. The number of hydrogen-bond donors (Lipinski definition) is 0. The molecule has 0 aliphatic carbocycles. The van der Waals surface area contributed by atoms with Gasteiger partial charge in [-0.25, -0.2) is 4.99 Å². The number of fused-ring (bicyclic) bond motifs is 1. The highest BCUT2D eigenvalue weighted by molar-refractivity contribution is 8.30. The van der Waals surface area contributed by atoms with E-state index < -0.39 is 0 Å². The number of allylic oxidation sites excluding steroid dienone is 1. The van der Waals surface area contributed by atoms with E-state index in [1.165, 1.54) is 17.8 Å². The maximum absolute atomic E-state index is 13.5. The maximum atomic E-state index is 13.5. The van der Waals surface area contributed by atoms with Crippen molar-refractivity contribution in [2.75, 3.05) is 18.6 Å². The lowest BCUT2D eigenvalue weighted by atomic mass is 10.0. The van der Waals surface area contributed by atoms with Gasteiger partial charge in [-0.1, -0.05) is 47.2 Å². The number of methoxy groups -OCH3 is 1. The summed E-state index contributed by atoms with van der Waals surface area (Å²) >= 11 is 11.1. The zero-order valence-electron chi connectivity index (χ0n) is 16.7. The molecular formula is C23H19ClN2O2S3. The van der Waals surface area contributed by atoms with E-state index in [2.05, 4.69) is 6.08 Å². The number of ether oxygens (including phenoxy) is 1. The second-order valence-corrected chi connectivity index (χ2v) is 11.0.